The summed E-state index contributed by atoms with van der Waals surface area (Å²) in [5.74, 6) is 0.0808. The minimum Gasteiger partial charge on any atom is -0.497 e. The topological polar surface area (TPSA) is 62.2 Å². The van der Waals surface area contributed by atoms with Gasteiger partial charge in [0.05, 0.1) is 20.1 Å². The van der Waals surface area contributed by atoms with Crippen molar-refractivity contribution in [1.29, 1.82) is 0 Å². The fourth-order valence-electron chi connectivity index (χ4n) is 4.98. The van der Waals surface area contributed by atoms with Gasteiger partial charge in [-0.25, -0.2) is 0 Å². The zero-order valence-corrected chi connectivity index (χ0v) is 19.3. The van der Waals surface area contributed by atoms with Crippen LogP contribution in [0.3, 0.4) is 0 Å². The number of anilines is 2. The molecule has 6 heteroatoms. The van der Waals surface area contributed by atoms with Crippen molar-refractivity contribution in [3.63, 3.8) is 0 Å². The van der Waals surface area contributed by atoms with E-state index in [2.05, 4.69) is 72.2 Å². The van der Waals surface area contributed by atoms with Crippen LogP contribution in [0.4, 0.5) is 11.4 Å². The molecule has 0 aromatic heterocycles. The van der Waals surface area contributed by atoms with Crippen LogP contribution in [-0.4, -0.2) is 50.2 Å². The largest absolute Gasteiger partial charge is 0.497 e. The van der Waals surface area contributed by atoms with Gasteiger partial charge in [0.25, 0.3) is 0 Å². The van der Waals surface area contributed by atoms with Gasteiger partial charge in [-0.2, -0.15) is 0 Å². The SMILES string of the molecule is CCN(CCC(=O)O)c1ccc(/C=C/C23OCCN2c2ccc(OC)cc2C3(C)C)cc1. The number of benzene rings is 2. The van der Waals surface area contributed by atoms with Crippen molar-refractivity contribution in [2.24, 2.45) is 0 Å². The summed E-state index contributed by atoms with van der Waals surface area (Å²) in [7, 11) is 1.70. The molecule has 6 nitrogen and oxygen atoms in total. The van der Waals surface area contributed by atoms with Crippen LogP contribution < -0.4 is 14.5 Å². The van der Waals surface area contributed by atoms with Gasteiger partial charge in [-0.1, -0.05) is 32.1 Å². The Kier molecular flexibility index (Phi) is 5.91. The number of carboxylic acids is 1. The molecule has 32 heavy (non-hydrogen) atoms. The predicted octanol–water partition coefficient (Wildman–Crippen LogP) is 4.53. The Bertz CT molecular complexity index is 1010. The van der Waals surface area contributed by atoms with Gasteiger partial charge in [0.15, 0.2) is 5.72 Å². The number of carboxylic acid groups (broad SMARTS) is 1. The summed E-state index contributed by atoms with van der Waals surface area (Å²) in [6.07, 6.45) is 4.44. The van der Waals surface area contributed by atoms with Gasteiger partial charge in [-0.05, 0) is 54.5 Å². The lowest BCUT2D eigenvalue weighted by molar-refractivity contribution is -0.136. The molecule has 2 heterocycles. The van der Waals surface area contributed by atoms with Crippen LogP contribution in [0.1, 0.15) is 38.3 Å². The van der Waals surface area contributed by atoms with E-state index in [1.807, 2.05) is 13.0 Å². The molecule has 2 aromatic rings. The highest BCUT2D eigenvalue weighted by molar-refractivity contribution is 5.71. The maximum Gasteiger partial charge on any atom is 0.305 e. The van der Waals surface area contributed by atoms with Crippen molar-refractivity contribution < 1.29 is 19.4 Å². The lowest BCUT2D eigenvalue weighted by Crippen LogP contribution is -2.51. The lowest BCUT2D eigenvalue weighted by Gasteiger charge is -2.39. The van der Waals surface area contributed by atoms with E-state index in [0.29, 0.717) is 13.2 Å². The Balaban J connectivity index is 1.59. The number of hydrogen-bond donors (Lipinski definition) is 1. The zero-order valence-electron chi connectivity index (χ0n) is 19.3. The van der Waals surface area contributed by atoms with Gasteiger partial charge in [0.2, 0.25) is 0 Å². The number of methoxy groups -OCH3 is 1. The maximum atomic E-state index is 10.9. The standard InChI is InChI=1S/C26H32N2O4/c1-5-27(15-13-24(29)30)20-8-6-19(7-9-20)12-14-26-25(2,3)22-18-21(31-4)10-11-23(22)28(26)16-17-32-26/h6-12,14,18H,5,13,15-17H2,1-4H3,(H,29,30)/b14-12+. The first kappa shape index (κ1) is 22.2. The highest BCUT2D eigenvalue weighted by atomic mass is 16.5. The summed E-state index contributed by atoms with van der Waals surface area (Å²) < 4.78 is 11.9. The van der Waals surface area contributed by atoms with E-state index >= 15 is 0 Å². The molecule has 0 spiro atoms. The fraction of sp³-hybridized carbons (Fsp3) is 0.423. The minimum atomic E-state index is -0.777. The van der Waals surface area contributed by atoms with Gasteiger partial charge in [0.1, 0.15) is 5.75 Å². The summed E-state index contributed by atoms with van der Waals surface area (Å²) in [6.45, 7) is 9.30. The molecule has 170 valence electrons. The second-order valence-electron chi connectivity index (χ2n) is 8.85. The van der Waals surface area contributed by atoms with Crippen molar-refractivity contribution in [1.82, 2.24) is 0 Å². The molecule has 1 unspecified atom stereocenters. The van der Waals surface area contributed by atoms with Gasteiger partial charge in [-0.15, -0.1) is 0 Å². The highest BCUT2D eigenvalue weighted by Gasteiger charge is 2.59. The predicted molar refractivity (Wildman–Crippen MR) is 128 cm³/mol. The van der Waals surface area contributed by atoms with Crippen LogP contribution >= 0.6 is 0 Å². The van der Waals surface area contributed by atoms with E-state index in [0.717, 1.165) is 30.1 Å². The van der Waals surface area contributed by atoms with Gasteiger partial charge >= 0.3 is 5.97 Å². The molecule has 4 rings (SSSR count). The third-order valence-corrected chi connectivity index (χ3v) is 6.84. The first-order valence-electron chi connectivity index (χ1n) is 11.2. The van der Waals surface area contributed by atoms with Crippen LogP contribution in [-0.2, 0) is 14.9 Å². The van der Waals surface area contributed by atoms with Gasteiger partial charge in [-0.3, -0.25) is 4.79 Å². The first-order chi connectivity index (χ1) is 15.3. The Morgan fingerprint density at radius 2 is 2.00 bits per heavy atom. The molecule has 1 fully saturated rings. The van der Waals surface area contributed by atoms with Crippen molar-refractivity contribution in [2.45, 2.75) is 38.3 Å². The third kappa shape index (κ3) is 3.62. The average molecular weight is 437 g/mol. The number of rotatable bonds is 8. The number of ether oxygens (including phenoxy) is 2. The smallest absolute Gasteiger partial charge is 0.305 e. The van der Waals surface area contributed by atoms with Crippen LogP contribution in [0.5, 0.6) is 5.75 Å². The van der Waals surface area contributed by atoms with Crippen LogP contribution in [0.25, 0.3) is 6.08 Å². The van der Waals surface area contributed by atoms with Crippen molar-refractivity contribution >= 4 is 23.4 Å². The summed E-state index contributed by atoms with van der Waals surface area (Å²) >= 11 is 0. The summed E-state index contributed by atoms with van der Waals surface area (Å²) in [5, 5.41) is 8.97. The number of aliphatic carboxylic acids is 1. The molecule has 0 radical (unpaired) electrons. The quantitative estimate of drug-likeness (QED) is 0.656. The number of fused-ring (bicyclic) bond motifs is 3. The molecule has 2 aliphatic heterocycles. The van der Waals surface area contributed by atoms with Crippen LogP contribution in [0, 0.1) is 0 Å². The highest BCUT2D eigenvalue weighted by Crippen LogP contribution is 2.55. The molecular weight excluding hydrogens is 404 g/mol. The monoisotopic (exact) mass is 436 g/mol. The van der Waals surface area contributed by atoms with Crippen molar-refractivity contribution in [2.75, 3.05) is 43.2 Å². The molecule has 0 aliphatic carbocycles. The molecule has 0 saturated carbocycles. The molecule has 0 amide bonds. The lowest BCUT2D eigenvalue weighted by atomic mass is 9.77. The van der Waals surface area contributed by atoms with E-state index in [1.165, 1.54) is 11.3 Å². The first-order valence-corrected chi connectivity index (χ1v) is 11.2. The summed E-state index contributed by atoms with van der Waals surface area (Å²) in [5.41, 5.74) is 3.75. The van der Waals surface area contributed by atoms with Crippen molar-refractivity contribution in [3.8, 4) is 5.75 Å². The molecule has 2 aromatic carbocycles. The molecule has 2 aliphatic rings. The second-order valence-corrected chi connectivity index (χ2v) is 8.85. The summed E-state index contributed by atoms with van der Waals surface area (Å²) in [6, 6.07) is 14.5. The Morgan fingerprint density at radius 1 is 1.25 bits per heavy atom. The van der Waals surface area contributed by atoms with E-state index in [1.54, 1.807) is 7.11 Å². The number of nitrogens with zero attached hydrogens (tertiary/aromatic N) is 2. The average Bonchev–Trinajstić information content (AvgIpc) is 3.30. The van der Waals surface area contributed by atoms with Gasteiger partial charge in [0, 0.05) is 36.4 Å². The number of hydrogen-bond acceptors (Lipinski definition) is 5. The van der Waals surface area contributed by atoms with Crippen molar-refractivity contribution in [3.05, 3.63) is 59.7 Å². The van der Waals surface area contributed by atoms with Crippen LogP contribution in [0.2, 0.25) is 0 Å². The second kappa shape index (κ2) is 8.51. The molecule has 1 saturated heterocycles. The third-order valence-electron chi connectivity index (χ3n) is 6.84. The zero-order chi connectivity index (χ0) is 22.9. The van der Waals surface area contributed by atoms with E-state index < -0.39 is 11.7 Å². The van der Waals surface area contributed by atoms with E-state index in [9.17, 15) is 4.79 Å². The van der Waals surface area contributed by atoms with E-state index in [4.69, 9.17) is 14.6 Å². The Hall–Kier alpha value is -2.99. The molecule has 1 atom stereocenters. The molecule has 1 N–H and O–H groups in total. The maximum absolute atomic E-state index is 10.9. The normalized spacial score (nSPS) is 20.9. The minimum absolute atomic E-state index is 0.131. The summed E-state index contributed by atoms with van der Waals surface area (Å²) in [4.78, 5) is 15.4. The Morgan fingerprint density at radius 3 is 2.66 bits per heavy atom. The van der Waals surface area contributed by atoms with Gasteiger partial charge < -0.3 is 24.4 Å². The molecular formula is C26H32N2O4. The Labute approximate surface area is 190 Å². The number of carbonyl (C=O) groups is 1. The fourth-order valence-corrected chi connectivity index (χ4v) is 4.98. The van der Waals surface area contributed by atoms with Crippen LogP contribution in [0.15, 0.2) is 48.5 Å². The molecule has 0 bridgehead atoms. The van der Waals surface area contributed by atoms with E-state index in [-0.39, 0.29) is 11.8 Å².